The van der Waals surface area contributed by atoms with Crippen LogP contribution in [-0.2, 0) is 10.8 Å². The molecule has 0 aliphatic heterocycles. The zero-order valence-electron chi connectivity index (χ0n) is 18.7. The van der Waals surface area contributed by atoms with Gasteiger partial charge < -0.3 is 5.11 Å². The molecule has 2 aliphatic rings. The predicted octanol–water partition coefficient (Wildman–Crippen LogP) is 7.86. The fourth-order valence-corrected chi connectivity index (χ4v) is 4.86. The lowest BCUT2D eigenvalue weighted by atomic mass is 9.78. The molecule has 0 amide bonds. The summed E-state index contributed by atoms with van der Waals surface area (Å²) in [6.07, 6.45) is 0. The highest BCUT2D eigenvalue weighted by molar-refractivity contribution is 7.18. The van der Waals surface area contributed by atoms with Crippen LogP contribution >= 0.6 is 11.3 Å². The number of hydrogen-bond donors (Lipinski definition) is 0. The third-order valence-corrected chi connectivity index (χ3v) is 6.83. The minimum Gasteiger partial charge on any atom is -0.872 e. The molecule has 154 valence electrons. The van der Waals surface area contributed by atoms with Crippen LogP contribution in [0, 0.1) is 0 Å². The van der Waals surface area contributed by atoms with Crippen LogP contribution in [-0.4, -0.2) is 0 Å². The van der Waals surface area contributed by atoms with Crippen molar-refractivity contribution in [1.82, 2.24) is 0 Å². The molecule has 30 heavy (non-hydrogen) atoms. The van der Waals surface area contributed by atoms with E-state index in [1.807, 2.05) is 0 Å². The van der Waals surface area contributed by atoms with Crippen molar-refractivity contribution in [2.24, 2.45) is 0 Å². The van der Waals surface area contributed by atoms with E-state index in [1.165, 1.54) is 26.4 Å². The Labute approximate surface area is 184 Å². The molecule has 0 spiro atoms. The highest BCUT2D eigenvalue weighted by Gasteiger charge is 2.23. The Morgan fingerprint density at radius 1 is 0.567 bits per heavy atom. The molecule has 0 saturated carbocycles. The predicted molar refractivity (Wildman–Crippen MR) is 129 cm³/mol. The van der Waals surface area contributed by atoms with Crippen LogP contribution in [0.4, 0.5) is 0 Å². The van der Waals surface area contributed by atoms with Crippen LogP contribution < -0.4 is 5.11 Å². The van der Waals surface area contributed by atoms with Crippen molar-refractivity contribution in [3.05, 3.63) is 77.9 Å². The summed E-state index contributed by atoms with van der Waals surface area (Å²) in [6, 6.07) is 23.7. The third kappa shape index (κ3) is 3.89. The summed E-state index contributed by atoms with van der Waals surface area (Å²) in [4.78, 5) is 2.44. The number of rotatable bonds is 2. The Morgan fingerprint density at radius 3 is 1.47 bits per heavy atom. The van der Waals surface area contributed by atoms with Crippen LogP contribution in [0.5, 0.6) is 5.75 Å². The second-order valence-electron chi connectivity index (χ2n) is 10.1. The molecule has 0 radical (unpaired) electrons. The third-order valence-electron chi connectivity index (χ3n) is 5.65. The molecule has 0 fully saturated rings. The quantitative estimate of drug-likeness (QED) is 0.328. The van der Waals surface area contributed by atoms with Gasteiger partial charge in [0.1, 0.15) is 0 Å². The Morgan fingerprint density at radius 2 is 1.00 bits per heavy atom. The van der Waals surface area contributed by atoms with Gasteiger partial charge in [-0.3, -0.25) is 0 Å². The Kier molecular flexibility index (Phi) is 5.02. The molecule has 0 saturated heterocycles. The summed E-state index contributed by atoms with van der Waals surface area (Å²) in [5.74, 6) is 0.185. The number of thiophene rings is 1. The molecule has 2 aliphatic carbocycles. The van der Waals surface area contributed by atoms with E-state index < -0.39 is 0 Å². The van der Waals surface area contributed by atoms with Gasteiger partial charge in [0, 0.05) is 9.75 Å². The molecule has 2 heteroatoms. The van der Waals surface area contributed by atoms with Gasteiger partial charge >= 0.3 is 0 Å². The van der Waals surface area contributed by atoms with E-state index in [1.54, 1.807) is 11.3 Å². The summed E-state index contributed by atoms with van der Waals surface area (Å²) < 4.78 is 0. The van der Waals surface area contributed by atoms with E-state index in [-0.39, 0.29) is 16.6 Å². The van der Waals surface area contributed by atoms with Gasteiger partial charge in [-0.2, -0.15) is 0 Å². The van der Waals surface area contributed by atoms with Gasteiger partial charge in [-0.25, -0.2) is 0 Å². The van der Waals surface area contributed by atoms with Crippen LogP contribution in [0.3, 0.4) is 0 Å². The first-order chi connectivity index (χ1) is 14.0. The SMILES string of the molecule is CC(C)(C)c1cc(-c2ccc(-c3ccc4cccc-4cc3)s2)cc(C(C)(C)C)c1[O-]. The van der Waals surface area contributed by atoms with Crippen molar-refractivity contribution in [3.63, 3.8) is 0 Å². The van der Waals surface area contributed by atoms with E-state index >= 15 is 0 Å². The molecule has 1 aromatic heterocycles. The zero-order valence-corrected chi connectivity index (χ0v) is 19.5. The Hall–Kier alpha value is -2.58. The fraction of sp³-hybridized carbons (Fsp3) is 0.286. The minimum absolute atomic E-state index is 0.185. The molecule has 0 unspecified atom stereocenters. The molecule has 0 N–H and O–H groups in total. The summed E-state index contributed by atoms with van der Waals surface area (Å²) in [6.45, 7) is 12.7. The number of benzene rings is 1. The van der Waals surface area contributed by atoms with Crippen molar-refractivity contribution >= 4 is 11.3 Å². The highest BCUT2D eigenvalue weighted by Crippen LogP contribution is 2.43. The van der Waals surface area contributed by atoms with Crippen molar-refractivity contribution in [2.45, 2.75) is 52.4 Å². The second-order valence-corrected chi connectivity index (χ2v) is 11.2. The molecule has 0 atom stereocenters. The van der Waals surface area contributed by atoms with Crippen molar-refractivity contribution in [1.29, 1.82) is 0 Å². The van der Waals surface area contributed by atoms with Gasteiger partial charge in [-0.15, -0.1) is 17.1 Å². The van der Waals surface area contributed by atoms with E-state index in [0.29, 0.717) is 0 Å². The van der Waals surface area contributed by atoms with Crippen molar-refractivity contribution in [2.75, 3.05) is 0 Å². The molecule has 4 rings (SSSR count). The highest BCUT2D eigenvalue weighted by atomic mass is 32.1. The van der Waals surface area contributed by atoms with Crippen LogP contribution in [0.15, 0.2) is 66.7 Å². The zero-order chi connectivity index (χ0) is 21.7. The second kappa shape index (κ2) is 7.28. The number of fused-ring (bicyclic) bond motifs is 1. The van der Waals surface area contributed by atoms with Gasteiger partial charge in [0.25, 0.3) is 0 Å². The molecule has 1 nitrogen and oxygen atoms in total. The van der Waals surface area contributed by atoms with Gasteiger partial charge in [-0.1, -0.05) is 96.1 Å². The molecular formula is C28H29OS-. The Balaban J connectivity index is 1.82. The van der Waals surface area contributed by atoms with Gasteiger partial charge in [0.2, 0.25) is 0 Å². The molecule has 2 aromatic rings. The average Bonchev–Trinajstić information content (AvgIpc) is 3.26. The summed E-state index contributed by atoms with van der Waals surface area (Å²) in [5, 5.41) is 13.2. The van der Waals surface area contributed by atoms with Crippen molar-refractivity contribution < 1.29 is 5.11 Å². The first kappa shape index (κ1) is 20.7. The lowest BCUT2D eigenvalue weighted by Gasteiger charge is -2.34. The molecule has 0 bridgehead atoms. The van der Waals surface area contributed by atoms with E-state index in [9.17, 15) is 5.11 Å². The summed E-state index contributed by atoms with van der Waals surface area (Å²) in [5.41, 5.74) is 6.28. The lowest BCUT2D eigenvalue weighted by molar-refractivity contribution is -0.271. The average molecular weight is 414 g/mol. The maximum atomic E-state index is 13.2. The summed E-state index contributed by atoms with van der Waals surface area (Å²) >= 11 is 1.79. The number of hydrogen-bond acceptors (Lipinski definition) is 2. The fourth-order valence-electron chi connectivity index (χ4n) is 3.86. The molecule has 1 heterocycles. The van der Waals surface area contributed by atoms with Crippen LogP contribution in [0.1, 0.15) is 52.7 Å². The maximum absolute atomic E-state index is 13.2. The smallest absolute Gasteiger partial charge is 0.0349 e. The normalized spacial score (nSPS) is 12.5. The molecule has 1 aromatic carbocycles. The standard InChI is InChI=1S/C28H30OS/c1-27(2,3)22-16-21(17-23(26(22)29)28(4,5)6)25-15-14-24(30-25)20-12-10-18-8-7-9-19(18)11-13-20/h7-17,29H,1-6H3/p-1. The van der Waals surface area contributed by atoms with E-state index in [4.69, 9.17) is 0 Å². The van der Waals surface area contributed by atoms with E-state index in [2.05, 4.69) is 108 Å². The maximum Gasteiger partial charge on any atom is 0.0349 e. The molecular weight excluding hydrogens is 384 g/mol. The monoisotopic (exact) mass is 413 g/mol. The van der Waals surface area contributed by atoms with E-state index in [0.717, 1.165) is 16.7 Å². The Bertz CT molecular complexity index is 1100. The first-order valence-corrected chi connectivity index (χ1v) is 11.3. The lowest BCUT2D eigenvalue weighted by Crippen LogP contribution is -2.21. The topological polar surface area (TPSA) is 23.1 Å². The van der Waals surface area contributed by atoms with Crippen LogP contribution in [0.2, 0.25) is 0 Å². The van der Waals surface area contributed by atoms with Gasteiger partial charge in [0.05, 0.1) is 0 Å². The summed E-state index contributed by atoms with van der Waals surface area (Å²) in [7, 11) is 0. The minimum atomic E-state index is -0.190. The first-order valence-electron chi connectivity index (χ1n) is 10.5. The van der Waals surface area contributed by atoms with Crippen LogP contribution in [0.25, 0.3) is 32.0 Å². The van der Waals surface area contributed by atoms with Gasteiger partial charge in [0.15, 0.2) is 0 Å². The largest absolute Gasteiger partial charge is 0.872 e. The van der Waals surface area contributed by atoms with Crippen molar-refractivity contribution in [3.8, 4) is 37.8 Å². The van der Waals surface area contributed by atoms with Gasteiger partial charge in [-0.05, 0) is 56.3 Å².